The molecule has 1 N–H and O–H groups in total. The predicted octanol–water partition coefficient (Wildman–Crippen LogP) is 3.81. The molecule has 0 atom stereocenters. The average Bonchev–Trinajstić information content (AvgIpc) is 2.36. The van der Waals surface area contributed by atoms with Gasteiger partial charge in [0.05, 0.1) is 11.6 Å². The van der Waals surface area contributed by atoms with E-state index < -0.39 is 12.4 Å². The van der Waals surface area contributed by atoms with Gasteiger partial charge in [-0.1, -0.05) is 23.2 Å². The molecular formula is C12H8Cl2FNO2. The molecule has 0 saturated carbocycles. The maximum atomic E-state index is 13.8. The zero-order valence-corrected chi connectivity index (χ0v) is 10.5. The minimum atomic E-state index is -0.726. The third-order valence-electron chi connectivity index (χ3n) is 2.21. The van der Waals surface area contributed by atoms with Crippen LogP contribution >= 0.6 is 23.2 Å². The number of nitrogens with zero attached hydrogens (tertiary/aromatic N) is 1. The van der Waals surface area contributed by atoms with Crippen LogP contribution in [0.5, 0.6) is 11.6 Å². The Labute approximate surface area is 113 Å². The van der Waals surface area contributed by atoms with E-state index in [2.05, 4.69) is 4.98 Å². The van der Waals surface area contributed by atoms with Gasteiger partial charge >= 0.3 is 0 Å². The Bertz CT molecular complexity index is 578. The number of halogens is 3. The summed E-state index contributed by atoms with van der Waals surface area (Å²) in [4.78, 5) is 3.74. The highest BCUT2D eigenvalue weighted by atomic mass is 35.5. The molecule has 0 saturated heterocycles. The molecule has 1 aromatic heterocycles. The van der Waals surface area contributed by atoms with Gasteiger partial charge in [-0.05, 0) is 18.2 Å². The van der Waals surface area contributed by atoms with E-state index in [1.807, 2.05) is 0 Å². The molecule has 1 heterocycles. The molecule has 94 valence electrons. The fourth-order valence-corrected chi connectivity index (χ4v) is 1.63. The van der Waals surface area contributed by atoms with Gasteiger partial charge in [0.15, 0.2) is 5.82 Å². The Morgan fingerprint density at radius 3 is 2.78 bits per heavy atom. The number of pyridine rings is 1. The van der Waals surface area contributed by atoms with Crippen molar-refractivity contribution in [2.24, 2.45) is 0 Å². The first-order valence-electron chi connectivity index (χ1n) is 4.99. The van der Waals surface area contributed by atoms with Crippen molar-refractivity contribution in [2.45, 2.75) is 6.61 Å². The van der Waals surface area contributed by atoms with E-state index in [1.165, 1.54) is 24.4 Å². The number of aliphatic hydroxyl groups is 1. The number of aliphatic hydroxyl groups excluding tert-OH is 1. The average molecular weight is 288 g/mol. The third kappa shape index (κ3) is 2.72. The first-order chi connectivity index (χ1) is 8.61. The molecule has 0 aliphatic rings. The van der Waals surface area contributed by atoms with Crippen molar-refractivity contribution in [3.8, 4) is 11.6 Å². The Morgan fingerprint density at radius 2 is 2.06 bits per heavy atom. The maximum absolute atomic E-state index is 13.8. The van der Waals surface area contributed by atoms with Gasteiger partial charge in [-0.2, -0.15) is 0 Å². The molecule has 3 nitrogen and oxygen atoms in total. The van der Waals surface area contributed by atoms with Crippen LogP contribution in [0, 0.1) is 5.82 Å². The summed E-state index contributed by atoms with van der Waals surface area (Å²) in [6.07, 6.45) is 1.34. The van der Waals surface area contributed by atoms with E-state index in [4.69, 9.17) is 33.0 Å². The Kier molecular flexibility index (Phi) is 4.01. The van der Waals surface area contributed by atoms with E-state index in [-0.39, 0.29) is 22.2 Å². The maximum Gasteiger partial charge on any atom is 0.256 e. The Morgan fingerprint density at radius 1 is 1.28 bits per heavy atom. The SMILES string of the molecule is OCc1ccnc(Oc2cc(Cl)ccc2Cl)c1F. The van der Waals surface area contributed by atoms with E-state index in [0.717, 1.165) is 0 Å². The minimum Gasteiger partial charge on any atom is -0.435 e. The summed E-state index contributed by atoms with van der Waals surface area (Å²) in [6.45, 7) is -0.437. The zero-order valence-electron chi connectivity index (χ0n) is 9.03. The second-order valence-corrected chi connectivity index (χ2v) is 4.27. The lowest BCUT2D eigenvalue weighted by atomic mass is 10.2. The molecule has 0 bridgehead atoms. The van der Waals surface area contributed by atoms with Crippen LogP contribution in [0.25, 0.3) is 0 Å². The highest BCUT2D eigenvalue weighted by Gasteiger charge is 2.13. The van der Waals surface area contributed by atoms with Crippen molar-refractivity contribution >= 4 is 23.2 Å². The fourth-order valence-electron chi connectivity index (χ4n) is 1.31. The van der Waals surface area contributed by atoms with Gasteiger partial charge in [-0.15, -0.1) is 0 Å². The lowest BCUT2D eigenvalue weighted by Crippen LogP contribution is -1.97. The smallest absolute Gasteiger partial charge is 0.256 e. The lowest BCUT2D eigenvalue weighted by molar-refractivity contribution is 0.273. The number of benzene rings is 1. The first kappa shape index (κ1) is 13.1. The molecular weight excluding hydrogens is 280 g/mol. The van der Waals surface area contributed by atoms with E-state index >= 15 is 0 Å². The molecule has 2 aromatic rings. The van der Waals surface area contributed by atoms with Crippen molar-refractivity contribution in [1.29, 1.82) is 0 Å². The molecule has 18 heavy (non-hydrogen) atoms. The number of hydrogen-bond donors (Lipinski definition) is 1. The van der Waals surface area contributed by atoms with Gasteiger partial charge in [0.1, 0.15) is 5.75 Å². The van der Waals surface area contributed by atoms with Crippen LogP contribution in [0.15, 0.2) is 30.5 Å². The van der Waals surface area contributed by atoms with Crippen molar-refractivity contribution in [3.05, 3.63) is 51.9 Å². The van der Waals surface area contributed by atoms with Gasteiger partial charge in [-0.3, -0.25) is 0 Å². The number of hydrogen-bond acceptors (Lipinski definition) is 3. The molecule has 1 aromatic carbocycles. The summed E-state index contributed by atoms with van der Waals surface area (Å²) in [6, 6.07) is 5.94. The predicted molar refractivity (Wildman–Crippen MR) is 66.7 cm³/mol. The molecule has 0 fully saturated rings. The second-order valence-electron chi connectivity index (χ2n) is 3.42. The lowest BCUT2D eigenvalue weighted by Gasteiger charge is -2.09. The fraction of sp³-hybridized carbons (Fsp3) is 0.0833. The van der Waals surface area contributed by atoms with Crippen LogP contribution in [0.3, 0.4) is 0 Å². The molecule has 0 amide bonds. The number of rotatable bonds is 3. The summed E-state index contributed by atoms with van der Waals surface area (Å²) < 4.78 is 19.0. The van der Waals surface area contributed by atoms with Gasteiger partial charge in [0.2, 0.25) is 0 Å². The standard InChI is InChI=1S/C12H8Cl2FNO2/c13-8-1-2-9(14)10(5-8)18-12-11(15)7(6-17)3-4-16-12/h1-5,17H,6H2. The van der Waals surface area contributed by atoms with Crippen LogP contribution in [0.1, 0.15) is 5.56 Å². The minimum absolute atomic E-state index is 0.0955. The number of ether oxygens (including phenoxy) is 1. The molecule has 2 rings (SSSR count). The topological polar surface area (TPSA) is 42.4 Å². The van der Waals surface area contributed by atoms with Crippen molar-refractivity contribution < 1.29 is 14.2 Å². The van der Waals surface area contributed by atoms with E-state index in [0.29, 0.717) is 5.02 Å². The van der Waals surface area contributed by atoms with Gasteiger partial charge in [0, 0.05) is 22.8 Å². The van der Waals surface area contributed by atoms with Crippen molar-refractivity contribution in [3.63, 3.8) is 0 Å². The van der Waals surface area contributed by atoms with Crippen LogP contribution in [0.4, 0.5) is 4.39 Å². The number of aromatic nitrogens is 1. The second kappa shape index (κ2) is 5.52. The zero-order chi connectivity index (χ0) is 13.1. The summed E-state index contributed by atoms with van der Waals surface area (Å²) in [5, 5.41) is 9.63. The van der Waals surface area contributed by atoms with Gasteiger partial charge < -0.3 is 9.84 Å². The molecule has 0 aliphatic heterocycles. The first-order valence-corrected chi connectivity index (χ1v) is 5.74. The van der Waals surface area contributed by atoms with E-state index in [1.54, 1.807) is 6.07 Å². The molecule has 0 aliphatic carbocycles. The summed E-state index contributed by atoms with van der Waals surface area (Å²) in [5.74, 6) is -0.785. The molecule has 6 heteroatoms. The third-order valence-corrected chi connectivity index (χ3v) is 2.75. The quantitative estimate of drug-likeness (QED) is 0.933. The highest BCUT2D eigenvalue weighted by molar-refractivity contribution is 6.34. The summed E-state index contributed by atoms with van der Waals surface area (Å²) >= 11 is 11.7. The van der Waals surface area contributed by atoms with Crippen LogP contribution in [-0.4, -0.2) is 10.1 Å². The van der Waals surface area contributed by atoms with Crippen LogP contribution in [0.2, 0.25) is 10.0 Å². The highest BCUT2D eigenvalue weighted by Crippen LogP contribution is 2.32. The molecule has 0 spiro atoms. The van der Waals surface area contributed by atoms with Crippen LogP contribution < -0.4 is 4.74 Å². The van der Waals surface area contributed by atoms with Crippen molar-refractivity contribution in [2.75, 3.05) is 0 Å². The largest absolute Gasteiger partial charge is 0.435 e. The normalized spacial score (nSPS) is 10.4. The Balaban J connectivity index is 2.37. The monoisotopic (exact) mass is 287 g/mol. The van der Waals surface area contributed by atoms with Gasteiger partial charge in [0.25, 0.3) is 5.88 Å². The van der Waals surface area contributed by atoms with Gasteiger partial charge in [-0.25, -0.2) is 9.37 Å². The van der Waals surface area contributed by atoms with Crippen LogP contribution in [-0.2, 0) is 6.61 Å². The summed E-state index contributed by atoms with van der Waals surface area (Å²) in [7, 11) is 0. The summed E-state index contributed by atoms with van der Waals surface area (Å²) in [5.41, 5.74) is 0.0955. The Hall–Kier alpha value is -1.36. The molecule has 0 radical (unpaired) electrons. The molecule has 0 unspecified atom stereocenters. The van der Waals surface area contributed by atoms with Crippen molar-refractivity contribution in [1.82, 2.24) is 4.98 Å². The van der Waals surface area contributed by atoms with E-state index in [9.17, 15) is 4.39 Å².